The van der Waals surface area contributed by atoms with E-state index in [1.807, 2.05) is 0 Å². The zero-order valence-electron chi connectivity index (χ0n) is 11.3. The van der Waals surface area contributed by atoms with E-state index in [2.05, 4.69) is 9.97 Å². The van der Waals surface area contributed by atoms with Crippen molar-refractivity contribution in [1.29, 1.82) is 0 Å². The Labute approximate surface area is 133 Å². The van der Waals surface area contributed by atoms with Crippen molar-refractivity contribution in [3.63, 3.8) is 0 Å². The topological polar surface area (TPSA) is 69.2 Å². The van der Waals surface area contributed by atoms with E-state index in [0.717, 1.165) is 0 Å². The van der Waals surface area contributed by atoms with Crippen LogP contribution in [0.15, 0.2) is 18.2 Å². The van der Waals surface area contributed by atoms with E-state index in [4.69, 9.17) is 27.9 Å². The fourth-order valence-corrected chi connectivity index (χ4v) is 2.71. The molecule has 0 aliphatic carbocycles. The number of rotatable bonds is 6. The van der Waals surface area contributed by atoms with E-state index in [1.165, 1.54) is 6.26 Å². The number of hydrogen-bond donors (Lipinski definition) is 0. The molecular weight excluding hydrogens is 335 g/mol. The van der Waals surface area contributed by atoms with Crippen molar-refractivity contribution < 1.29 is 13.2 Å². The molecule has 0 fully saturated rings. The summed E-state index contributed by atoms with van der Waals surface area (Å²) in [7, 11) is -2.99. The molecule has 0 radical (unpaired) electrons. The summed E-state index contributed by atoms with van der Waals surface area (Å²) in [4.78, 5) is 8.50. The molecule has 0 aliphatic heterocycles. The minimum atomic E-state index is -2.99. The Morgan fingerprint density at radius 1 is 1.29 bits per heavy atom. The first kappa shape index (κ1) is 16.3. The highest BCUT2D eigenvalue weighted by molar-refractivity contribution is 7.90. The molecule has 0 saturated carbocycles. The third kappa shape index (κ3) is 4.69. The van der Waals surface area contributed by atoms with Crippen molar-refractivity contribution >= 4 is 43.9 Å². The van der Waals surface area contributed by atoms with Crippen molar-refractivity contribution in [2.75, 3.05) is 18.6 Å². The molecule has 2 aromatic rings. The second-order valence-electron chi connectivity index (χ2n) is 4.57. The lowest BCUT2D eigenvalue weighted by Crippen LogP contribution is -2.09. The number of hydrogen-bond acceptors (Lipinski definition) is 5. The first-order chi connectivity index (χ1) is 9.89. The summed E-state index contributed by atoms with van der Waals surface area (Å²) in [6.07, 6.45) is 1.59. The maximum absolute atomic E-state index is 11.1. The predicted octanol–water partition coefficient (Wildman–Crippen LogP) is 2.84. The van der Waals surface area contributed by atoms with E-state index >= 15 is 0 Å². The molecule has 5 nitrogen and oxygen atoms in total. The van der Waals surface area contributed by atoms with Gasteiger partial charge in [0.1, 0.15) is 15.7 Å². The lowest BCUT2D eigenvalue weighted by atomic mass is 10.2. The Kier molecular flexibility index (Phi) is 5.24. The number of halogens is 2. The quantitative estimate of drug-likeness (QED) is 0.593. The molecule has 21 heavy (non-hydrogen) atoms. The average Bonchev–Trinajstić information content (AvgIpc) is 2.41. The van der Waals surface area contributed by atoms with Crippen LogP contribution >= 0.6 is 23.2 Å². The zero-order chi connectivity index (χ0) is 15.5. The van der Waals surface area contributed by atoms with Gasteiger partial charge in [-0.25, -0.2) is 13.4 Å². The Morgan fingerprint density at radius 3 is 2.71 bits per heavy atom. The molecule has 0 N–H and O–H groups in total. The van der Waals surface area contributed by atoms with Crippen LogP contribution in [0, 0.1) is 0 Å². The van der Waals surface area contributed by atoms with Gasteiger partial charge < -0.3 is 4.74 Å². The number of nitrogens with zero attached hydrogens (tertiary/aromatic N) is 2. The SMILES string of the molecule is CS(=O)(=O)CCCOc1nc(CCl)nc2cc(Cl)ccc12. The van der Waals surface area contributed by atoms with Crippen LogP contribution in [0.2, 0.25) is 5.02 Å². The largest absolute Gasteiger partial charge is 0.477 e. The lowest BCUT2D eigenvalue weighted by Gasteiger charge is -2.09. The standard InChI is InChI=1S/C13H14Cl2N2O3S/c1-21(18,19)6-2-5-20-13-10-4-3-9(15)7-11(10)16-12(8-14)17-13/h3-4,7H,2,5-6,8H2,1H3. The molecule has 0 unspecified atom stereocenters. The van der Waals surface area contributed by atoms with Crippen LogP contribution in [0.5, 0.6) is 5.88 Å². The van der Waals surface area contributed by atoms with Gasteiger partial charge in [0, 0.05) is 11.3 Å². The third-order valence-electron chi connectivity index (χ3n) is 2.69. The lowest BCUT2D eigenvalue weighted by molar-refractivity contribution is 0.308. The van der Waals surface area contributed by atoms with Crippen LogP contribution in [0.3, 0.4) is 0 Å². The molecule has 2 rings (SSSR count). The van der Waals surface area contributed by atoms with Gasteiger partial charge in [-0.1, -0.05) is 11.6 Å². The number of ether oxygens (including phenoxy) is 1. The molecule has 0 aliphatic rings. The van der Waals surface area contributed by atoms with Gasteiger partial charge in [-0.2, -0.15) is 4.98 Å². The van der Waals surface area contributed by atoms with Crippen molar-refractivity contribution in [2.45, 2.75) is 12.3 Å². The van der Waals surface area contributed by atoms with Gasteiger partial charge in [-0.15, -0.1) is 11.6 Å². The van der Waals surface area contributed by atoms with Crippen LogP contribution in [-0.2, 0) is 15.7 Å². The number of sulfone groups is 1. The summed E-state index contributed by atoms with van der Waals surface area (Å²) in [5.74, 6) is 1.05. The van der Waals surface area contributed by atoms with Crippen molar-refractivity contribution in [3.8, 4) is 5.88 Å². The average molecular weight is 349 g/mol. The third-order valence-corrected chi connectivity index (χ3v) is 4.19. The summed E-state index contributed by atoms with van der Waals surface area (Å²) in [6.45, 7) is 0.254. The summed E-state index contributed by atoms with van der Waals surface area (Å²) < 4.78 is 27.7. The Morgan fingerprint density at radius 2 is 2.05 bits per heavy atom. The molecule has 8 heteroatoms. The van der Waals surface area contributed by atoms with E-state index in [0.29, 0.717) is 34.1 Å². The van der Waals surface area contributed by atoms with Gasteiger partial charge >= 0.3 is 0 Å². The smallest absolute Gasteiger partial charge is 0.224 e. The van der Waals surface area contributed by atoms with E-state index < -0.39 is 9.84 Å². The van der Waals surface area contributed by atoms with Crippen molar-refractivity contribution in [3.05, 3.63) is 29.0 Å². The van der Waals surface area contributed by atoms with Crippen LogP contribution < -0.4 is 4.74 Å². The predicted molar refractivity (Wildman–Crippen MR) is 83.9 cm³/mol. The van der Waals surface area contributed by atoms with Gasteiger partial charge in [0.25, 0.3) is 0 Å². The van der Waals surface area contributed by atoms with Gasteiger partial charge in [-0.05, 0) is 24.6 Å². The maximum Gasteiger partial charge on any atom is 0.224 e. The van der Waals surface area contributed by atoms with Crippen LogP contribution in [0.25, 0.3) is 10.9 Å². The highest BCUT2D eigenvalue weighted by Gasteiger charge is 2.10. The molecule has 0 spiro atoms. The zero-order valence-corrected chi connectivity index (χ0v) is 13.7. The van der Waals surface area contributed by atoms with Gasteiger partial charge in [0.05, 0.1) is 29.1 Å². The van der Waals surface area contributed by atoms with E-state index in [-0.39, 0.29) is 18.2 Å². The second-order valence-corrected chi connectivity index (χ2v) is 7.54. The minimum Gasteiger partial charge on any atom is -0.477 e. The minimum absolute atomic E-state index is 0.0736. The van der Waals surface area contributed by atoms with Crippen LogP contribution in [0.1, 0.15) is 12.2 Å². The summed E-state index contributed by atoms with van der Waals surface area (Å²) in [5.41, 5.74) is 0.645. The van der Waals surface area contributed by atoms with Gasteiger partial charge in [-0.3, -0.25) is 0 Å². The number of alkyl halides is 1. The molecule has 0 bridgehead atoms. The van der Waals surface area contributed by atoms with Crippen molar-refractivity contribution in [1.82, 2.24) is 9.97 Å². The van der Waals surface area contributed by atoms with Crippen LogP contribution in [0.4, 0.5) is 0 Å². The normalized spacial score (nSPS) is 11.8. The van der Waals surface area contributed by atoms with Gasteiger partial charge in [0.2, 0.25) is 5.88 Å². The molecule has 0 saturated heterocycles. The Bertz CT molecular complexity index is 750. The Balaban J connectivity index is 2.21. The molecule has 1 heterocycles. The van der Waals surface area contributed by atoms with Crippen molar-refractivity contribution in [2.24, 2.45) is 0 Å². The monoisotopic (exact) mass is 348 g/mol. The molecule has 1 aromatic heterocycles. The second kappa shape index (κ2) is 6.77. The molecule has 0 amide bonds. The first-order valence-corrected chi connectivity index (χ1v) is 9.19. The summed E-state index contributed by atoms with van der Waals surface area (Å²) >= 11 is 11.7. The fourth-order valence-electron chi connectivity index (χ4n) is 1.78. The summed E-state index contributed by atoms with van der Waals surface area (Å²) in [5, 5.41) is 1.28. The molecule has 1 aromatic carbocycles. The first-order valence-electron chi connectivity index (χ1n) is 6.22. The molecule has 0 atom stereocenters. The number of aromatic nitrogens is 2. The Hall–Kier alpha value is -1.11. The number of benzene rings is 1. The molecule has 114 valence electrons. The maximum atomic E-state index is 11.1. The molecular formula is C13H14Cl2N2O3S. The number of fused-ring (bicyclic) bond motifs is 1. The highest BCUT2D eigenvalue weighted by atomic mass is 35.5. The summed E-state index contributed by atoms with van der Waals surface area (Å²) in [6, 6.07) is 5.19. The van der Waals surface area contributed by atoms with E-state index in [1.54, 1.807) is 18.2 Å². The van der Waals surface area contributed by atoms with E-state index in [9.17, 15) is 8.42 Å². The van der Waals surface area contributed by atoms with Gasteiger partial charge in [0.15, 0.2) is 0 Å². The highest BCUT2D eigenvalue weighted by Crippen LogP contribution is 2.25. The fraction of sp³-hybridized carbons (Fsp3) is 0.385. The van der Waals surface area contributed by atoms with Crippen LogP contribution in [-0.4, -0.2) is 37.0 Å².